The van der Waals surface area contributed by atoms with Crippen molar-refractivity contribution in [2.75, 3.05) is 0 Å². The van der Waals surface area contributed by atoms with Gasteiger partial charge in [-0.05, 0) is 17.5 Å². The van der Waals surface area contributed by atoms with Crippen molar-refractivity contribution in [1.29, 1.82) is 0 Å². The van der Waals surface area contributed by atoms with Gasteiger partial charge in [-0.25, -0.2) is 9.20 Å². The van der Waals surface area contributed by atoms with Gasteiger partial charge in [-0.3, -0.25) is 4.79 Å². The van der Waals surface area contributed by atoms with E-state index in [-0.39, 0.29) is 12.1 Å². The molecule has 0 saturated carbocycles. The van der Waals surface area contributed by atoms with Crippen molar-refractivity contribution in [2.24, 2.45) is 0 Å². The molecule has 0 saturated heterocycles. The SMILES string of the molecule is O=c1c2cc(-c3cccs3)nn2cnn1Cc1nc(-c2ccccc2)no1. The lowest BCUT2D eigenvalue weighted by molar-refractivity contribution is 0.362. The van der Waals surface area contributed by atoms with Crippen LogP contribution in [0.3, 0.4) is 0 Å². The molecule has 0 radical (unpaired) electrons. The molecule has 9 heteroatoms. The monoisotopic (exact) mass is 376 g/mol. The summed E-state index contributed by atoms with van der Waals surface area (Å²) >= 11 is 1.57. The average molecular weight is 376 g/mol. The van der Waals surface area contributed by atoms with Gasteiger partial charge in [0, 0.05) is 5.56 Å². The fourth-order valence-corrected chi connectivity index (χ4v) is 3.43. The van der Waals surface area contributed by atoms with E-state index in [9.17, 15) is 4.79 Å². The number of hydrogen-bond acceptors (Lipinski definition) is 7. The van der Waals surface area contributed by atoms with Crippen LogP contribution in [0.4, 0.5) is 0 Å². The molecule has 27 heavy (non-hydrogen) atoms. The zero-order valence-corrected chi connectivity index (χ0v) is 14.7. The van der Waals surface area contributed by atoms with Crippen molar-refractivity contribution < 1.29 is 4.52 Å². The number of aromatic nitrogens is 6. The van der Waals surface area contributed by atoms with Crippen molar-refractivity contribution >= 4 is 16.9 Å². The quantitative estimate of drug-likeness (QED) is 0.479. The van der Waals surface area contributed by atoms with E-state index in [1.165, 1.54) is 15.5 Å². The van der Waals surface area contributed by atoms with Crippen molar-refractivity contribution in [3.63, 3.8) is 0 Å². The summed E-state index contributed by atoms with van der Waals surface area (Å²) < 4.78 is 8.04. The molecule has 0 aliphatic rings. The summed E-state index contributed by atoms with van der Waals surface area (Å²) in [7, 11) is 0. The molecule has 0 fully saturated rings. The minimum atomic E-state index is -0.271. The van der Waals surface area contributed by atoms with E-state index in [2.05, 4.69) is 20.3 Å². The number of rotatable bonds is 4. The number of hydrogen-bond donors (Lipinski definition) is 0. The van der Waals surface area contributed by atoms with Crippen molar-refractivity contribution in [1.82, 2.24) is 29.5 Å². The molecular weight excluding hydrogens is 364 g/mol. The van der Waals surface area contributed by atoms with Gasteiger partial charge >= 0.3 is 0 Å². The second-order valence-corrected chi connectivity index (χ2v) is 6.76. The van der Waals surface area contributed by atoms with Crippen LogP contribution in [-0.2, 0) is 6.54 Å². The molecule has 0 amide bonds. The Morgan fingerprint density at radius 3 is 2.81 bits per heavy atom. The average Bonchev–Trinajstić information content (AvgIpc) is 3.45. The first kappa shape index (κ1) is 15.6. The van der Waals surface area contributed by atoms with Crippen LogP contribution < -0.4 is 5.56 Å². The Hall–Kier alpha value is -3.59. The first-order valence-electron chi connectivity index (χ1n) is 8.15. The predicted octanol–water partition coefficient (Wildman–Crippen LogP) is 2.72. The molecule has 5 aromatic rings. The summed E-state index contributed by atoms with van der Waals surface area (Å²) in [5.41, 5.74) is 1.76. The first-order valence-corrected chi connectivity index (χ1v) is 9.03. The van der Waals surface area contributed by atoms with E-state index in [0.717, 1.165) is 16.1 Å². The minimum Gasteiger partial charge on any atom is -0.337 e. The third-order valence-electron chi connectivity index (χ3n) is 4.05. The van der Waals surface area contributed by atoms with Crippen molar-refractivity contribution in [3.8, 4) is 22.0 Å². The second-order valence-electron chi connectivity index (χ2n) is 5.81. The molecule has 0 unspecified atom stereocenters. The molecule has 5 rings (SSSR count). The van der Waals surface area contributed by atoms with E-state index in [0.29, 0.717) is 17.2 Å². The molecule has 0 spiro atoms. The molecule has 8 nitrogen and oxygen atoms in total. The highest BCUT2D eigenvalue weighted by Gasteiger charge is 2.14. The molecule has 0 atom stereocenters. The van der Waals surface area contributed by atoms with Crippen LogP contribution in [0.1, 0.15) is 5.89 Å². The predicted molar refractivity (Wildman–Crippen MR) is 99.4 cm³/mol. The standard InChI is InChI=1S/C18H12N6O2S/c25-18-14-9-13(15-7-4-8-27-15)21-24(14)11-19-23(18)10-16-20-17(22-26-16)12-5-2-1-3-6-12/h1-9,11H,10H2. The fourth-order valence-electron chi connectivity index (χ4n) is 2.75. The molecule has 132 valence electrons. The molecule has 4 heterocycles. The highest BCUT2D eigenvalue weighted by Crippen LogP contribution is 2.23. The molecular formula is C18H12N6O2S. The van der Waals surface area contributed by atoms with Gasteiger partial charge in [0.25, 0.3) is 5.56 Å². The molecule has 4 aromatic heterocycles. The highest BCUT2D eigenvalue weighted by molar-refractivity contribution is 7.13. The van der Waals surface area contributed by atoms with Gasteiger partial charge in [-0.1, -0.05) is 41.6 Å². The van der Waals surface area contributed by atoms with Gasteiger partial charge in [0.05, 0.1) is 4.88 Å². The Morgan fingerprint density at radius 2 is 2.00 bits per heavy atom. The minimum absolute atomic E-state index is 0.0919. The van der Waals surface area contributed by atoms with Gasteiger partial charge in [0.1, 0.15) is 24.1 Å². The maximum Gasteiger partial charge on any atom is 0.293 e. The van der Waals surface area contributed by atoms with Crippen LogP contribution >= 0.6 is 11.3 Å². The summed E-state index contributed by atoms with van der Waals surface area (Å²) in [6, 6.07) is 15.2. The fraction of sp³-hybridized carbons (Fsp3) is 0.0556. The zero-order valence-electron chi connectivity index (χ0n) is 13.9. The molecule has 0 aliphatic carbocycles. The van der Waals surface area contributed by atoms with Crippen molar-refractivity contribution in [3.05, 3.63) is 76.5 Å². The Balaban J connectivity index is 1.48. The number of benzene rings is 1. The summed E-state index contributed by atoms with van der Waals surface area (Å²) in [4.78, 5) is 18.1. The van der Waals surface area contributed by atoms with E-state index < -0.39 is 0 Å². The molecule has 0 aliphatic heterocycles. The third-order valence-corrected chi connectivity index (χ3v) is 4.94. The van der Waals surface area contributed by atoms with Crippen LogP contribution in [0.5, 0.6) is 0 Å². The first-order chi connectivity index (χ1) is 13.3. The van der Waals surface area contributed by atoms with Crippen molar-refractivity contribution in [2.45, 2.75) is 6.54 Å². The smallest absolute Gasteiger partial charge is 0.293 e. The zero-order chi connectivity index (χ0) is 18.2. The van der Waals surface area contributed by atoms with Crippen LogP contribution in [0.25, 0.3) is 27.5 Å². The largest absolute Gasteiger partial charge is 0.337 e. The highest BCUT2D eigenvalue weighted by atomic mass is 32.1. The van der Waals surface area contributed by atoms with Gasteiger partial charge in [-0.15, -0.1) is 11.3 Å². The van der Waals surface area contributed by atoms with Gasteiger partial charge in [0.15, 0.2) is 0 Å². The second kappa shape index (κ2) is 6.29. The maximum absolute atomic E-state index is 12.7. The Bertz CT molecular complexity index is 1270. The summed E-state index contributed by atoms with van der Waals surface area (Å²) in [6.07, 6.45) is 1.50. The Kier molecular flexibility index (Phi) is 3.65. The number of fused-ring (bicyclic) bond motifs is 1. The number of thiophene rings is 1. The lowest BCUT2D eigenvalue weighted by atomic mass is 10.2. The Morgan fingerprint density at radius 1 is 1.11 bits per heavy atom. The van der Waals surface area contributed by atoms with E-state index in [4.69, 9.17) is 4.52 Å². The topological polar surface area (TPSA) is 91.1 Å². The third kappa shape index (κ3) is 2.83. The summed E-state index contributed by atoms with van der Waals surface area (Å²) in [6.45, 7) is 0.0919. The summed E-state index contributed by atoms with van der Waals surface area (Å²) in [5, 5.41) is 14.5. The van der Waals surface area contributed by atoms with Gasteiger partial charge in [0.2, 0.25) is 11.7 Å². The van der Waals surface area contributed by atoms with Crippen LogP contribution in [-0.4, -0.2) is 29.5 Å². The van der Waals surface area contributed by atoms with Gasteiger partial charge in [-0.2, -0.15) is 15.2 Å². The maximum atomic E-state index is 12.7. The molecule has 1 aromatic carbocycles. The lowest BCUT2D eigenvalue weighted by Crippen LogP contribution is -2.25. The Labute approximate surface area is 156 Å². The molecule has 0 bridgehead atoms. The lowest BCUT2D eigenvalue weighted by Gasteiger charge is -2.00. The van der Waals surface area contributed by atoms with Crippen LogP contribution in [0, 0.1) is 0 Å². The van der Waals surface area contributed by atoms with E-state index in [1.807, 2.05) is 47.8 Å². The number of nitrogens with zero attached hydrogens (tertiary/aromatic N) is 6. The summed E-state index contributed by atoms with van der Waals surface area (Å²) in [5.74, 6) is 0.787. The van der Waals surface area contributed by atoms with Gasteiger partial charge < -0.3 is 4.52 Å². The normalized spacial score (nSPS) is 11.3. The van der Waals surface area contributed by atoms with E-state index in [1.54, 1.807) is 17.4 Å². The van der Waals surface area contributed by atoms with Crippen LogP contribution in [0.2, 0.25) is 0 Å². The van der Waals surface area contributed by atoms with E-state index >= 15 is 0 Å². The molecule has 0 N–H and O–H groups in total. The van der Waals surface area contributed by atoms with Crippen LogP contribution in [0.15, 0.2) is 69.6 Å².